The summed E-state index contributed by atoms with van der Waals surface area (Å²) in [4.78, 5) is 30.1. The predicted molar refractivity (Wildman–Crippen MR) is 89.4 cm³/mol. The molecule has 142 valence electrons. The molecule has 1 fully saturated rings. The van der Waals surface area contributed by atoms with E-state index < -0.39 is 34.0 Å². The first kappa shape index (κ1) is 19.1. The highest BCUT2D eigenvalue weighted by molar-refractivity contribution is 6.04. The minimum atomic E-state index is -4.66. The number of Topliss-reactive ketones (excluding diaryl/α,β-unsaturated/α-hetero) is 1. The zero-order valence-corrected chi connectivity index (χ0v) is 15.1. The van der Waals surface area contributed by atoms with Gasteiger partial charge in [-0.25, -0.2) is 0 Å². The van der Waals surface area contributed by atoms with Gasteiger partial charge >= 0.3 is 6.18 Å². The first-order valence-electron chi connectivity index (χ1n) is 8.40. The Labute approximate surface area is 154 Å². The average molecular weight is 377 g/mol. The van der Waals surface area contributed by atoms with Gasteiger partial charge in [-0.15, -0.1) is 0 Å². The topological polar surface area (TPSA) is 74.1 Å². The molecule has 0 saturated carbocycles. The van der Waals surface area contributed by atoms with Crippen molar-refractivity contribution in [1.82, 2.24) is 9.88 Å². The van der Waals surface area contributed by atoms with E-state index in [9.17, 15) is 28.0 Å². The van der Waals surface area contributed by atoms with Crippen molar-refractivity contribution >= 4 is 11.7 Å². The zero-order chi connectivity index (χ0) is 20.2. The molecule has 1 aliphatic heterocycles. The Morgan fingerprint density at radius 1 is 1.33 bits per heavy atom. The number of ketones is 1. The number of rotatable bonds is 1. The third kappa shape index (κ3) is 3.11. The second kappa shape index (κ2) is 5.91. The van der Waals surface area contributed by atoms with Gasteiger partial charge in [0.05, 0.1) is 22.4 Å². The van der Waals surface area contributed by atoms with Crippen LogP contribution < -0.4 is 0 Å². The molecule has 1 aromatic rings. The fourth-order valence-electron chi connectivity index (χ4n) is 4.12. The smallest absolute Gasteiger partial charge is 0.337 e. The van der Waals surface area contributed by atoms with Gasteiger partial charge < -0.3 is 4.90 Å². The highest BCUT2D eigenvalue weighted by atomic mass is 19.4. The van der Waals surface area contributed by atoms with E-state index in [1.165, 1.54) is 11.8 Å². The minimum absolute atomic E-state index is 0.0168. The molecular formula is C19H18F3N3O2. The van der Waals surface area contributed by atoms with E-state index in [1.807, 2.05) is 6.07 Å². The molecule has 0 aromatic carbocycles. The van der Waals surface area contributed by atoms with Crippen LogP contribution >= 0.6 is 0 Å². The van der Waals surface area contributed by atoms with Crippen LogP contribution in [-0.2, 0) is 11.0 Å². The summed E-state index contributed by atoms with van der Waals surface area (Å²) in [6, 6.07) is 2.69. The van der Waals surface area contributed by atoms with Crippen molar-refractivity contribution in [2.45, 2.75) is 33.4 Å². The lowest BCUT2D eigenvalue weighted by atomic mass is 9.61. The number of carbonyl (C=O) groups excluding carboxylic acids is 2. The first-order valence-corrected chi connectivity index (χ1v) is 8.40. The van der Waals surface area contributed by atoms with Crippen LogP contribution in [0.2, 0.25) is 0 Å². The van der Waals surface area contributed by atoms with E-state index in [4.69, 9.17) is 0 Å². The van der Waals surface area contributed by atoms with Crippen molar-refractivity contribution in [1.29, 1.82) is 5.26 Å². The molecule has 0 atom stereocenters. The van der Waals surface area contributed by atoms with Crippen LogP contribution in [0, 0.1) is 29.1 Å². The predicted octanol–water partition coefficient (Wildman–Crippen LogP) is 3.30. The molecule has 1 saturated heterocycles. The molecule has 0 bridgehead atoms. The molecule has 0 N–H and O–H groups in total. The summed E-state index contributed by atoms with van der Waals surface area (Å²) in [6.07, 6.45) is -1.62. The van der Waals surface area contributed by atoms with Gasteiger partial charge in [-0.2, -0.15) is 18.4 Å². The van der Waals surface area contributed by atoms with Gasteiger partial charge in [0.1, 0.15) is 6.07 Å². The highest BCUT2D eigenvalue weighted by Crippen LogP contribution is 2.48. The average Bonchev–Trinajstić information content (AvgIpc) is 2.53. The van der Waals surface area contributed by atoms with E-state index in [1.54, 1.807) is 19.9 Å². The second-order valence-electron chi connectivity index (χ2n) is 7.90. The number of nitriles is 1. The quantitative estimate of drug-likeness (QED) is 0.753. The third-order valence-electron chi connectivity index (χ3n) is 5.18. The van der Waals surface area contributed by atoms with Crippen LogP contribution in [0.3, 0.4) is 0 Å². The van der Waals surface area contributed by atoms with Gasteiger partial charge in [-0.1, -0.05) is 19.9 Å². The van der Waals surface area contributed by atoms with Crippen LogP contribution in [0.1, 0.15) is 41.9 Å². The molecule has 27 heavy (non-hydrogen) atoms. The lowest BCUT2D eigenvalue weighted by Crippen LogP contribution is -2.61. The van der Waals surface area contributed by atoms with E-state index >= 15 is 0 Å². The number of allylic oxidation sites excluding steroid dienone is 1. The molecule has 0 radical (unpaired) electrons. The Hall–Kier alpha value is -2.69. The van der Waals surface area contributed by atoms with Crippen molar-refractivity contribution in [3.05, 3.63) is 40.7 Å². The maximum Gasteiger partial charge on any atom is 0.417 e. The zero-order valence-electron chi connectivity index (χ0n) is 15.1. The van der Waals surface area contributed by atoms with Crippen molar-refractivity contribution in [2.24, 2.45) is 10.8 Å². The molecule has 1 spiro atoms. The highest BCUT2D eigenvalue weighted by Gasteiger charge is 2.53. The fraction of sp³-hybridized carbons (Fsp3) is 0.474. The number of carbonyl (C=O) groups is 2. The summed E-state index contributed by atoms with van der Waals surface area (Å²) >= 11 is 0. The van der Waals surface area contributed by atoms with Gasteiger partial charge in [-0.05, 0) is 19.4 Å². The number of halogens is 3. The lowest BCUT2D eigenvalue weighted by molar-refractivity contribution is -0.138. The van der Waals surface area contributed by atoms with E-state index in [0.29, 0.717) is 6.42 Å². The fourth-order valence-corrected chi connectivity index (χ4v) is 4.12. The molecule has 2 aliphatic rings. The SMILES string of the molecule is Cc1nccc(C(F)(F)F)c1C(=O)N1CC2(C=C(C#N)C(=O)C(C)(C)C2)C1. The maximum absolute atomic E-state index is 13.3. The van der Waals surface area contributed by atoms with Crippen molar-refractivity contribution in [3.63, 3.8) is 0 Å². The molecule has 3 rings (SSSR count). The van der Waals surface area contributed by atoms with Crippen LogP contribution in [-0.4, -0.2) is 34.7 Å². The summed E-state index contributed by atoms with van der Waals surface area (Å²) in [5, 5.41) is 9.21. The molecule has 8 heteroatoms. The summed E-state index contributed by atoms with van der Waals surface area (Å²) in [5.41, 5.74) is -2.71. The number of alkyl halides is 3. The summed E-state index contributed by atoms with van der Waals surface area (Å²) < 4.78 is 39.8. The number of amides is 1. The van der Waals surface area contributed by atoms with Crippen molar-refractivity contribution < 1.29 is 22.8 Å². The summed E-state index contributed by atoms with van der Waals surface area (Å²) in [6.45, 7) is 5.17. The van der Waals surface area contributed by atoms with Crippen LogP contribution in [0.15, 0.2) is 23.9 Å². The van der Waals surface area contributed by atoms with Crippen LogP contribution in [0.4, 0.5) is 13.2 Å². The summed E-state index contributed by atoms with van der Waals surface area (Å²) in [7, 11) is 0. The van der Waals surface area contributed by atoms with Gasteiger partial charge in [0, 0.05) is 30.1 Å². The lowest BCUT2D eigenvalue weighted by Gasteiger charge is -2.53. The molecule has 1 aliphatic carbocycles. The van der Waals surface area contributed by atoms with Crippen molar-refractivity contribution in [3.8, 4) is 6.07 Å². The van der Waals surface area contributed by atoms with Crippen LogP contribution in [0.25, 0.3) is 0 Å². The van der Waals surface area contributed by atoms with Crippen molar-refractivity contribution in [2.75, 3.05) is 13.1 Å². The van der Waals surface area contributed by atoms with E-state index in [2.05, 4.69) is 4.98 Å². The number of hydrogen-bond acceptors (Lipinski definition) is 4. The maximum atomic E-state index is 13.3. The molecule has 0 unspecified atom stereocenters. The Morgan fingerprint density at radius 2 is 1.96 bits per heavy atom. The van der Waals surface area contributed by atoms with Gasteiger partial charge in [0.25, 0.3) is 5.91 Å². The number of aryl methyl sites for hydroxylation is 1. The van der Waals surface area contributed by atoms with Gasteiger partial charge in [0.2, 0.25) is 0 Å². The first-order chi connectivity index (χ1) is 12.4. The van der Waals surface area contributed by atoms with Gasteiger partial charge in [-0.3, -0.25) is 14.6 Å². The Bertz CT molecular complexity index is 904. The number of hydrogen-bond donors (Lipinski definition) is 0. The Balaban J connectivity index is 1.90. The standard InChI is InChI=1S/C19H18F3N3O2/c1-11-14(13(4-5-24-11)19(20,21)22)16(27)25-9-18(10-25)6-12(7-23)15(26)17(2,3)8-18/h4-6H,8-10H2,1-3H3. The normalized spacial score (nSPS) is 20.7. The molecule has 1 amide bonds. The number of pyridine rings is 1. The Morgan fingerprint density at radius 3 is 2.52 bits per heavy atom. The van der Waals surface area contributed by atoms with Crippen LogP contribution in [0.5, 0.6) is 0 Å². The van der Waals surface area contributed by atoms with Gasteiger partial charge in [0.15, 0.2) is 5.78 Å². The second-order valence-corrected chi connectivity index (χ2v) is 7.90. The van der Waals surface area contributed by atoms with E-state index in [0.717, 1.165) is 12.3 Å². The third-order valence-corrected chi connectivity index (χ3v) is 5.18. The Kier molecular flexibility index (Phi) is 4.18. The van der Waals surface area contributed by atoms with E-state index in [-0.39, 0.29) is 30.1 Å². The molecule has 5 nitrogen and oxygen atoms in total. The number of nitrogens with zero attached hydrogens (tertiary/aromatic N) is 3. The molecule has 1 aromatic heterocycles. The largest absolute Gasteiger partial charge is 0.417 e. The summed E-state index contributed by atoms with van der Waals surface area (Å²) in [5.74, 6) is -0.983. The minimum Gasteiger partial charge on any atom is -0.337 e. The monoisotopic (exact) mass is 377 g/mol. The molecular weight excluding hydrogens is 359 g/mol. The molecule has 2 heterocycles. The number of aromatic nitrogens is 1. The number of likely N-dealkylation sites (tertiary alicyclic amines) is 1.